The lowest BCUT2D eigenvalue weighted by atomic mass is 9.99. The maximum Gasteiger partial charge on any atom is 0.00415 e. The van der Waals surface area contributed by atoms with Crippen molar-refractivity contribution in [3.05, 3.63) is 12.7 Å². The summed E-state index contributed by atoms with van der Waals surface area (Å²) in [7, 11) is 0. The fraction of sp³-hybridized carbons (Fsp3) is 0.833. The second-order valence-corrected chi connectivity index (χ2v) is 4.37. The van der Waals surface area contributed by atoms with E-state index in [1.807, 2.05) is 6.08 Å². The van der Waals surface area contributed by atoms with Gasteiger partial charge in [-0.3, -0.25) is 0 Å². The predicted octanol–water partition coefficient (Wildman–Crippen LogP) is 3.25. The fourth-order valence-electron chi connectivity index (χ4n) is 2.27. The van der Waals surface area contributed by atoms with Gasteiger partial charge in [-0.15, -0.1) is 6.58 Å². The van der Waals surface area contributed by atoms with E-state index in [4.69, 9.17) is 5.73 Å². The van der Waals surface area contributed by atoms with Gasteiger partial charge in [-0.2, -0.15) is 0 Å². The van der Waals surface area contributed by atoms with Gasteiger partial charge in [0.15, 0.2) is 0 Å². The van der Waals surface area contributed by atoms with Gasteiger partial charge in [0.25, 0.3) is 0 Å². The second-order valence-electron chi connectivity index (χ2n) is 4.37. The Morgan fingerprint density at radius 2 is 2.08 bits per heavy atom. The van der Waals surface area contributed by atoms with Crippen LogP contribution in [-0.4, -0.2) is 6.04 Å². The predicted molar refractivity (Wildman–Crippen MR) is 58.6 cm³/mol. The van der Waals surface area contributed by atoms with Crippen molar-refractivity contribution in [2.45, 2.75) is 57.4 Å². The zero-order chi connectivity index (χ0) is 9.52. The van der Waals surface area contributed by atoms with Crippen LogP contribution in [-0.2, 0) is 0 Å². The van der Waals surface area contributed by atoms with Gasteiger partial charge in [0, 0.05) is 6.04 Å². The maximum atomic E-state index is 5.86. The molecule has 1 nitrogen and oxygen atoms in total. The van der Waals surface area contributed by atoms with Crippen LogP contribution in [0.25, 0.3) is 0 Å². The van der Waals surface area contributed by atoms with Gasteiger partial charge in [-0.25, -0.2) is 0 Å². The van der Waals surface area contributed by atoms with Gasteiger partial charge in [-0.1, -0.05) is 25.3 Å². The van der Waals surface area contributed by atoms with Gasteiger partial charge < -0.3 is 5.73 Å². The van der Waals surface area contributed by atoms with Crippen molar-refractivity contribution < 1.29 is 0 Å². The van der Waals surface area contributed by atoms with E-state index in [1.54, 1.807) is 0 Å². The van der Waals surface area contributed by atoms with E-state index in [-0.39, 0.29) is 0 Å². The third-order valence-electron chi connectivity index (χ3n) is 3.10. The first-order valence-corrected chi connectivity index (χ1v) is 5.69. The summed E-state index contributed by atoms with van der Waals surface area (Å²) in [4.78, 5) is 0. The van der Waals surface area contributed by atoms with Crippen molar-refractivity contribution >= 4 is 0 Å². The fourth-order valence-corrected chi connectivity index (χ4v) is 2.27. The molecule has 1 aliphatic carbocycles. The van der Waals surface area contributed by atoms with E-state index in [1.165, 1.54) is 51.4 Å². The van der Waals surface area contributed by atoms with E-state index in [0.29, 0.717) is 6.04 Å². The summed E-state index contributed by atoms with van der Waals surface area (Å²) in [6.07, 6.45) is 12.6. The van der Waals surface area contributed by atoms with Gasteiger partial charge >= 0.3 is 0 Å². The summed E-state index contributed by atoms with van der Waals surface area (Å²) in [5.41, 5.74) is 5.86. The summed E-state index contributed by atoms with van der Waals surface area (Å²) in [6, 6.07) is 0.512. The number of unbranched alkanes of at least 4 members (excludes halogenated alkanes) is 3. The minimum atomic E-state index is 0.512. The first-order valence-electron chi connectivity index (χ1n) is 5.69. The zero-order valence-corrected chi connectivity index (χ0v) is 8.67. The lowest BCUT2D eigenvalue weighted by Gasteiger charge is -2.08. The first kappa shape index (κ1) is 10.8. The molecule has 0 aromatic rings. The highest BCUT2D eigenvalue weighted by molar-refractivity contribution is 4.77. The zero-order valence-electron chi connectivity index (χ0n) is 8.67. The summed E-state index contributed by atoms with van der Waals surface area (Å²) in [5.74, 6) is 0.943. The van der Waals surface area contributed by atoms with Crippen molar-refractivity contribution in [3.63, 3.8) is 0 Å². The maximum absolute atomic E-state index is 5.86. The smallest absolute Gasteiger partial charge is 0.00415 e. The van der Waals surface area contributed by atoms with E-state index < -0.39 is 0 Å². The standard InChI is InChI=1S/C12H23N/c1-2-3-4-5-6-7-11-8-9-12(13)10-11/h2,11-12H,1,3-10,13H2. The highest BCUT2D eigenvalue weighted by Crippen LogP contribution is 2.28. The van der Waals surface area contributed by atoms with Crippen LogP contribution in [0.15, 0.2) is 12.7 Å². The molecule has 76 valence electrons. The van der Waals surface area contributed by atoms with Crippen molar-refractivity contribution in [3.8, 4) is 0 Å². The first-order chi connectivity index (χ1) is 6.33. The molecule has 0 saturated heterocycles. The van der Waals surface area contributed by atoms with Crippen LogP contribution in [0.4, 0.5) is 0 Å². The minimum absolute atomic E-state index is 0.512. The molecule has 13 heavy (non-hydrogen) atoms. The second kappa shape index (κ2) is 6.20. The minimum Gasteiger partial charge on any atom is -0.328 e. The largest absolute Gasteiger partial charge is 0.328 e. The van der Waals surface area contributed by atoms with Crippen molar-refractivity contribution in [1.82, 2.24) is 0 Å². The lowest BCUT2D eigenvalue weighted by molar-refractivity contribution is 0.462. The molecule has 1 aliphatic rings. The quantitative estimate of drug-likeness (QED) is 0.494. The monoisotopic (exact) mass is 181 g/mol. The average Bonchev–Trinajstić information content (AvgIpc) is 2.51. The number of hydrogen-bond donors (Lipinski definition) is 1. The Morgan fingerprint density at radius 3 is 2.69 bits per heavy atom. The Kier molecular flexibility index (Phi) is 5.14. The molecule has 0 aromatic heterocycles. The van der Waals surface area contributed by atoms with E-state index in [2.05, 4.69) is 6.58 Å². The van der Waals surface area contributed by atoms with Crippen molar-refractivity contribution in [2.75, 3.05) is 0 Å². The highest BCUT2D eigenvalue weighted by atomic mass is 14.6. The van der Waals surface area contributed by atoms with Gasteiger partial charge in [0.05, 0.1) is 0 Å². The van der Waals surface area contributed by atoms with Crippen molar-refractivity contribution in [2.24, 2.45) is 11.7 Å². The highest BCUT2D eigenvalue weighted by Gasteiger charge is 2.20. The molecule has 2 N–H and O–H groups in total. The van der Waals surface area contributed by atoms with Crippen LogP contribution >= 0.6 is 0 Å². The Labute approximate surface area is 82.4 Å². The number of hydrogen-bond acceptors (Lipinski definition) is 1. The van der Waals surface area contributed by atoms with Gasteiger partial charge in [0.1, 0.15) is 0 Å². The molecule has 2 unspecified atom stereocenters. The molecule has 1 saturated carbocycles. The third kappa shape index (κ3) is 4.47. The molecular formula is C12H23N. The Hall–Kier alpha value is -0.300. The van der Waals surface area contributed by atoms with Crippen molar-refractivity contribution in [1.29, 1.82) is 0 Å². The molecule has 0 amide bonds. The van der Waals surface area contributed by atoms with Crippen LogP contribution in [0.5, 0.6) is 0 Å². The topological polar surface area (TPSA) is 26.0 Å². The summed E-state index contributed by atoms with van der Waals surface area (Å²) in [6.45, 7) is 3.73. The van der Waals surface area contributed by atoms with Crippen LogP contribution in [0, 0.1) is 5.92 Å². The Balaban J connectivity index is 1.91. The van der Waals surface area contributed by atoms with Crippen LogP contribution < -0.4 is 5.73 Å². The third-order valence-corrected chi connectivity index (χ3v) is 3.10. The molecule has 0 spiro atoms. The lowest BCUT2D eigenvalue weighted by Crippen LogP contribution is -2.14. The van der Waals surface area contributed by atoms with Gasteiger partial charge in [-0.05, 0) is 38.0 Å². The van der Waals surface area contributed by atoms with Crippen LogP contribution in [0.2, 0.25) is 0 Å². The molecular weight excluding hydrogens is 158 g/mol. The molecule has 0 aliphatic heterocycles. The average molecular weight is 181 g/mol. The molecule has 0 aromatic carbocycles. The molecule has 0 heterocycles. The SMILES string of the molecule is C=CCCCCCC1CCC(N)C1. The summed E-state index contributed by atoms with van der Waals surface area (Å²) in [5, 5.41) is 0. The van der Waals surface area contributed by atoms with E-state index in [0.717, 1.165) is 5.92 Å². The van der Waals surface area contributed by atoms with Crippen LogP contribution in [0.1, 0.15) is 51.4 Å². The number of nitrogens with two attached hydrogens (primary N) is 1. The van der Waals surface area contributed by atoms with Crippen LogP contribution in [0.3, 0.4) is 0 Å². The summed E-state index contributed by atoms with van der Waals surface area (Å²) >= 11 is 0. The molecule has 1 fully saturated rings. The van der Waals surface area contributed by atoms with E-state index in [9.17, 15) is 0 Å². The number of rotatable bonds is 6. The molecule has 0 radical (unpaired) electrons. The molecule has 1 heteroatoms. The Morgan fingerprint density at radius 1 is 1.23 bits per heavy atom. The summed E-state index contributed by atoms with van der Waals surface area (Å²) < 4.78 is 0. The van der Waals surface area contributed by atoms with E-state index >= 15 is 0 Å². The number of allylic oxidation sites excluding steroid dienone is 1. The molecule has 1 rings (SSSR count). The molecule has 2 atom stereocenters. The Bertz CT molecular complexity index is 142. The van der Waals surface area contributed by atoms with Gasteiger partial charge in [0.2, 0.25) is 0 Å². The molecule has 0 bridgehead atoms. The normalized spacial score (nSPS) is 27.8.